The van der Waals surface area contributed by atoms with Gasteiger partial charge < -0.3 is 15.0 Å². The van der Waals surface area contributed by atoms with E-state index >= 15 is 0 Å². The standard InChI is InChI=1S/C14H25N3O/c1-5-7-17(3)14-12(2)9-13(11-16-14)10-15-6-8-18-4/h9,11,15H,5-8,10H2,1-4H3. The van der Waals surface area contributed by atoms with Gasteiger partial charge in [-0.1, -0.05) is 6.92 Å². The largest absolute Gasteiger partial charge is 0.383 e. The first kappa shape index (κ1) is 14.9. The summed E-state index contributed by atoms with van der Waals surface area (Å²) in [6, 6.07) is 2.20. The number of nitrogens with one attached hydrogen (secondary N) is 1. The minimum absolute atomic E-state index is 0.740. The van der Waals surface area contributed by atoms with Crippen molar-refractivity contribution in [2.45, 2.75) is 26.8 Å². The van der Waals surface area contributed by atoms with Crippen molar-refractivity contribution in [3.63, 3.8) is 0 Å². The van der Waals surface area contributed by atoms with Gasteiger partial charge in [0, 0.05) is 40.0 Å². The van der Waals surface area contributed by atoms with Crippen molar-refractivity contribution in [2.24, 2.45) is 0 Å². The third-order valence-corrected chi connectivity index (χ3v) is 2.84. The lowest BCUT2D eigenvalue weighted by atomic mass is 10.2. The molecule has 0 aliphatic rings. The number of ether oxygens (including phenoxy) is 1. The molecule has 0 aliphatic heterocycles. The van der Waals surface area contributed by atoms with E-state index in [4.69, 9.17) is 4.74 Å². The first-order chi connectivity index (χ1) is 8.69. The normalized spacial score (nSPS) is 10.7. The van der Waals surface area contributed by atoms with Crippen molar-refractivity contribution < 1.29 is 4.74 Å². The maximum Gasteiger partial charge on any atom is 0.131 e. The van der Waals surface area contributed by atoms with Crippen molar-refractivity contribution in [3.05, 3.63) is 23.4 Å². The van der Waals surface area contributed by atoms with Crippen LogP contribution in [0.15, 0.2) is 12.3 Å². The quantitative estimate of drug-likeness (QED) is 0.717. The van der Waals surface area contributed by atoms with Gasteiger partial charge in [0.2, 0.25) is 0 Å². The van der Waals surface area contributed by atoms with E-state index in [1.54, 1.807) is 7.11 Å². The molecule has 0 unspecified atom stereocenters. The molecule has 0 saturated heterocycles. The Morgan fingerprint density at radius 3 is 2.83 bits per heavy atom. The van der Waals surface area contributed by atoms with Gasteiger partial charge in [-0.3, -0.25) is 0 Å². The van der Waals surface area contributed by atoms with Gasteiger partial charge >= 0.3 is 0 Å². The molecule has 1 rings (SSSR count). The first-order valence-corrected chi connectivity index (χ1v) is 6.55. The van der Waals surface area contributed by atoms with Gasteiger partial charge in [0.15, 0.2) is 0 Å². The fraction of sp³-hybridized carbons (Fsp3) is 0.643. The number of methoxy groups -OCH3 is 1. The summed E-state index contributed by atoms with van der Waals surface area (Å²) in [5, 5.41) is 3.33. The molecule has 0 amide bonds. The molecule has 0 spiro atoms. The van der Waals surface area contributed by atoms with E-state index in [2.05, 4.69) is 42.2 Å². The van der Waals surface area contributed by atoms with Crippen LogP contribution in [0, 0.1) is 6.92 Å². The second-order valence-corrected chi connectivity index (χ2v) is 4.58. The number of pyridine rings is 1. The van der Waals surface area contributed by atoms with Crippen LogP contribution in [0.2, 0.25) is 0 Å². The lowest BCUT2D eigenvalue weighted by molar-refractivity contribution is 0.199. The Kier molecular flexibility index (Phi) is 6.68. The Hall–Kier alpha value is -1.13. The molecule has 0 bridgehead atoms. The van der Waals surface area contributed by atoms with E-state index in [0.717, 1.165) is 38.5 Å². The van der Waals surface area contributed by atoms with E-state index in [-0.39, 0.29) is 0 Å². The molecule has 0 atom stereocenters. The van der Waals surface area contributed by atoms with Crippen molar-refractivity contribution in [3.8, 4) is 0 Å². The summed E-state index contributed by atoms with van der Waals surface area (Å²) in [5.41, 5.74) is 2.45. The highest BCUT2D eigenvalue weighted by molar-refractivity contribution is 5.46. The minimum atomic E-state index is 0.740. The second-order valence-electron chi connectivity index (χ2n) is 4.58. The summed E-state index contributed by atoms with van der Waals surface area (Å²) in [5.74, 6) is 1.08. The molecule has 102 valence electrons. The second kappa shape index (κ2) is 8.06. The SMILES string of the molecule is CCCN(C)c1ncc(CNCCOC)cc1C. The van der Waals surface area contributed by atoms with Crippen LogP contribution in [-0.4, -0.2) is 38.8 Å². The van der Waals surface area contributed by atoms with Crippen LogP contribution in [0.3, 0.4) is 0 Å². The van der Waals surface area contributed by atoms with E-state index in [1.807, 2.05) is 6.20 Å². The number of nitrogens with zero attached hydrogens (tertiary/aromatic N) is 2. The number of anilines is 1. The topological polar surface area (TPSA) is 37.4 Å². The van der Waals surface area contributed by atoms with Gasteiger partial charge in [0.05, 0.1) is 6.61 Å². The van der Waals surface area contributed by atoms with Crippen LogP contribution >= 0.6 is 0 Å². The highest BCUT2D eigenvalue weighted by Crippen LogP contribution is 2.16. The molecule has 1 heterocycles. The number of hydrogen-bond acceptors (Lipinski definition) is 4. The van der Waals surface area contributed by atoms with Crippen LogP contribution in [-0.2, 0) is 11.3 Å². The average Bonchev–Trinajstić information content (AvgIpc) is 2.35. The zero-order chi connectivity index (χ0) is 13.4. The zero-order valence-electron chi connectivity index (χ0n) is 12.0. The maximum atomic E-state index is 5.00. The van der Waals surface area contributed by atoms with E-state index < -0.39 is 0 Å². The third-order valence-electron chi connectivity index (χ3n) is 2.84. The molecule has 0 aromatic carbocycles. The molecule has 0 saturated carbocycles. The molecule has 1 aromatic rings. The summed E-state index contributed by atoms with van der Waals surface area (Å²) < 4.78 is 5.00. The summed E-state index contributed by atoms with van der Waals surface area (Å²) in [6.45, 7) is 7.79. The Balaban J connectivity index is 2.56. The van der Waals surface area contributed by atoms with Crippen molar-refractivity contribution in [2.75, 3.05) is 38.8 Å². The molecule has 1 aromatic heterocycles. The Bertz CT molecular complexity index is 355. The van der Waals surface area contributed by atoms with Crippen molar-refractivity contribution >= 4 is 5.82 Å². The van der Waals surface area contributed by atoms with E-state index in [9.17, 15) is 0 Å². The monoisotopic (exact) mass is 251 g/mol. The number of hydrogen-bond donors (Lipinski definition) is 1. The van der Waals surface area contributed by atoms with Crippen LogP contribution in [0.5, 0.6) is 0 Å². The molecular weight excluding hydrogens is 226 g/mol. The van der Waals surface area contributed by atoms with Crippen LogP contribution in [0.1, 0.15) is 24.5 Å². The summed E-state index contributed by atoms with van der Waals surface area (Å²) in [4.78, 5) is 6.76. The van der Waals surface area contributed by atoms with Gasteiger partial charge in [-0.15, -0.1) is 0 Å². The van der Waals surface area contributed by atoms with Gasteiger partial charge in [0.1, 0.15) is 5.82 Å². The minimum Gasteiger partial charge on any atom is -0.383 e. The molecule has 4 heteroatoms. The fourth-order valence-electron chi connectivity index (χ4n) is 1.97. The van der Waals surface area contributed by atoms with Crippen LogP contribution in [0.25, 0.3) is 0 Å². The van der Waals surface area contributed by atoms with Gasteiger partial charge in [-0.25, -0.2) is 4.98 Å². The van der Waals surface area contributed by atoms with Crippen molar-refractivity contribution in [1.29, 1.82) is 0 Å². The van der Waals surface area contributed by atoms with Crippen molar-refractivity contribution in [1.82, 2.24) is 10.3 Å². The number of aromatic nitrogens is 1. The molecule has 0 aliphatic carbocycles. The van der Waals surface area contributed by atoms with Gasteiger partial charge in [-0.05, 0) is 30.5 Å². The maximum absolute atomic E-state index is 5.00. The zero-order valence-corrected chi connectivity index (χ0v) is 12.0. The lowest BCUT2D eigenvalue weighted by Crippen LogP contribution is -2.21. The molecule has 18 heavy (non-hydrogen) atoms. The van der Waals surface area contributed by atoms with Crippen LogP contribution < -0.4 is 10.2 Å². The highest BCUT2D eigenvalue weighted by atomic mass is 16.5. The predicted molar refractivity (Wildman–Crippen MR) is 76.1 cm³/mol. The summed E-state index contributed by atoms with van der Waals surface area (Å²) in [6.07, 6.45) is 3.09. The number of aryl methyl sites for hydroxylation is 1. The number of rotatable bonds is 8. The van der Waals surface area contributed by atoms with Gasteiger partial charge in [0.25, 0.3) is 0 Å². The fourth-order valence-corrected chi connectivity index (χ4v) is 1.97. The lowest BCUT2D eigenvalue weighted by Gasteiger charge is -2.19. The molecule has 4 nitrogen and oxygen atoms in total. The molecule has 0 radical (unpaired) electrons. The summed E-state index contributed by atoms with van der Waals surface area (Å²) in [7, 11) is 3.81. The molecule has 0 fully saturated rings. The van der Waals surface area contributed by atoms with E-state index in [1.165, 1.54) is 11.1 Å². The smallest absolute Gasteiger partial charge is 0.131 e. The molecule has 1 N–H and O–H groups in total. The average molecular weight is 251 g/mol. The van der Waals surface area contributed by atoms with Gasteiger partial charge in [-0.2, -0.15) is 0 Å². The predicted octanol–water partition coefficient (Wildman–Crippen LogP) is 1.97. The van der Waals surface area contributed by atoms with Crippen LogP contribution in [0.4, 0.5) is 5.82 Å². The highest BCUT2D eigenvalue weighted by Gasteiger charge is 2.06. The van der Waals surface area contributed by atoms with E-state index in [0.29, 0.717) is 0 Å². The summed E-state index contributed by atoms with van der Waals surface area (Å²) >= 11 is 0. The third kappa shape index (κ3) is 4.63. The Morgan fingerprint density at radius 1 is 1.44 bits per heavy atom. The molecular formula is C14H25N3O. The first-order valence-electron chi connectivity index (χ1n) is 6.55. The Morgan fingerprint density at radius 2 is 2.22 bits per heavy atom. The Labute approximate surface area is 110 Å².